The molecule has 2 aromatic carbocycles. The van der Waals surface area contributed by atoms with E-state index in [1.807, 2.05) is 0 Å². The zero-order chi connectivity index (χ0) is 20.8. The van der Waals surface area contributed by atoms with Gasteiger partial charge in [-0.15, -0.1) is 0 Å². The van der Waals surface area contributed by atoms with Gasteiger partial charge in [0, 0.05) is 11.1 Å². The summed E-state index contributed by atoms with van der Waals surface area (Å²) in [6, 6.07) is 7.43. The molecule has 2 rings (SSSR count). The Bertz CT molecular complexity index is 817. The second-order valence-electron chi connectivity index (χ2n) is 6.44. The summed E-state index contributed by atoms with van der Waals surface area (Å²) in [5, 5.41) is 0. The van der Waals surface area contributed by atoms with Crippen molar-refractivity contribution in [2.24, 2.45) is 0 Å². The van der Waals surface area contributed by atoms with E-state index in [0.717, 1.165) is 12.1 Å². The van der Waals surface area contributed by atoms with Gasteiger partial charge < -0.3 is 0 Å². The lowest BCUT2D eigenvalue weighted by Gasteiger charge is -2.33. The molecule has 8 heteroatoms. The predicted octanol–water partition coefficient (Wildman–Crippen LogP) is 7.01. The molecule has 147 valence electrons. The molecule has 0 atom stereocenters. The van der Waals surface area contributed by atoms with Crippen LogP contribution in [0.2, 0.25) is 0 Å². The number of hydrogen-bond acceptors (Lipinski definition) is 0. The van der Waals surface area contributed by atoms with Gasteiger partial charge in [-0.25, -0.2) is 8.78 Å². The first-order valence-electron chi connectivity index (χ1n) is 7.86. The highest BCUT2D eigenvalue weighted by Crippen LogP contribution is 2.56. The lowest BCUT2D eigenvalue weighted by molar-refractivity contribution is -0.348. The topological polar surface area (TPSA) is 0 Å². The molecular formula is C19H15F8. The van der Waals surface area contributed by atoms with Gasteiger partial charge in [0.15, 0.2) is 0 Å². The Morgan fingerprint density at radius 1 is 0.889 bits per heavy atom. The lowest BCUT2D eigenvalue weighted by atomic mass is 9.80. The quantitative estimate of drug-likeness (QED) is 0.490. The van der Waals surface area contributed by atoms with Crippen LogP contribution in [0.5, 0.6) is 0 Å². The Morgan fingerprint density at radius 2 is 1.41 bits per heavy atom. The third-order valence-corrected chi connectivity index (χ3v) is 4.10. The summed E-state index contributed by atoms with van der Waals surface area (Å²) in [4.78, 5) is 0. The van der Waals surface area contributed by atoms with Crippen LogP contribution >= 0.6 is 0 Å². The van der Waals surface area contributed by atoms with Crippen LogP contribution in [0.1, 0.15) is 36.5 Å². The monoisotopic (exact) mass is 395 g/mol. The van der Waals surface area contributed by atoms with Crippen molar-refractivity contribution in [3.63, 3.8) is 0 Å². The zero-order valence-corrected chi connectivity index (χ0v) is 14.5. The van der Waals surface area contributed by atoms with E-state index in [9.17, 15) is 35.1 Å². The van der Waals surface area contributed by atoms with Crippen LogP contribution < -0.4 is 0 Å². The van der Waals surface area contributed by atoms with Crippen LogP contribution in [-0.4, -0.2) is 12.4 Å². The fourth-order valence-corrected chi connectivity index (χ4v) is 2.87. The number of halogens is 8. The third-order valence-electron chi connectivity index (χ3n) is 4.10. The second kappa shape index (κ2) is 6.80. The maximum Gasteiger partial charge on any atom is 0.435 e. The lowest BCUT2D eigenvalue weighted by Crippen LogP contribution is -2.50. The van der Waals surface area contributed by atoms with Gasteiger partial charge in [0.05, 0.1) is 0 Å². The molecule has 0 aliphatic rings. The van der Waals surface area contributed by atoms with Crippen molar-refractivity contribution in [3.8, 4) is 11.1 Å². The van der Waals surface area contributed by atoms with Crippen molar-refractivity contribution >= 4 is 0 Å². The summed E-state index contributed by atoms with van der Waals surface area (Å²) >= 11 is 0. The highest BCUT2D eigenvalue weighted by atomic mass is 19.4. The summed E-state index contributed by atoms with van der Waals surface area (Å²) < 4.78 is 109. The number of alkyl halides is 7. The summed E-state index contributed by atoms with van der Waals surface area (Å²) in [5.74, 6) is -1.70. The number of rotatable bonds is 3. The van der Waals surface area contributed by atoms with Gasteiger partial charge in [0.1, 0.15) is 5.82 Å². The molecule has 0 fully saturated rings. The largest absolute Gasteiger partial charge is 0.435 e. The molecule has 27 heavy (non-hydrogen) atoms. The van der Waals surface area contributed by atoms with E-state index >= 15 is 0 Å². The van der Waals surface area contributed by atoms with Gasteiger partial charge in [-0.05, 0) is 41.7 Å². The molecule has 0 aromatic heterocycles. The van der Waals surface area contributed by atoms with Crippen molar-refractivity contribution in [1.82, 2.24) is 0 Å². The standard InChI is InChI=1S/C19H15F8/c1-10(2)13-8-11(3)9-14(16(13)12-6-4-5-7-15(12)20)17(21,18(22,23)24)19(25,26)27/h4-7,9-10H,1-3H3. The van der Waals surface area contributed by atoms with Gasteiger partial charge in [-0.3, -0.25) is 0 Å². The predicted molar refractivity (Wildman–Crippen MR) is 84.4 cm³/mol. The molecule has 2 aromatic rings. The molecule has 0 unspecified atom stereocenters. The Kier molecular flexibility index (Phi) is 5.33. The van der Waals surface area contributed by atoms with Crippen molar-refractivity contribution in [2.75, 3.05) is 0 Å². The molecule has 0 bridgehead atoms. The van der Waals surface area contributed by atoms with Crippen molar-refractivity contribution in [2.45, 2.75) is 44.7 Å². The summed E-state index contributed by atoms with van der Waals surface area (Å²) in [6.07, 6.45) is -12.6. The van der Waals surface area contributed by atoms with Crippen molar-refractivity contribution in [1.29, 1.82) is 0 Å². The van der Waals surface area contributed by atoms with E-state index in [1.54, 1.807) is 0 Å². The fraction of sp³-hybridized carbons (Fsp3) is 0.368. The number of benzene rings is 2. The summed E-state index contributed by atoms with van der Waals surface area (Å²) in [7, 11) is 0. The molecule has 0 N–H and O–H groups in total. The molecule has 1 radical (unpaired) electrons. The fourth-order valence-electron chi connectivity index (χ4n) is 2.87. The average molecular weight is 395 g/mol. The maximum absolute atomic E-state index is 14.9. The first-order valence-corrected chi connectivity index (χ1v) is 7.86. The Morgan fingerprint density at radius 3 is 1.85 bits per heavy atom. The van der Waals surface area contributed by atoms with Crippen molar-refractivity contribution in [3.05, 3.63) is 58.9 Å². The summed E-state index contributed by atoms with van der Waals surface area (Å²) in [6.45, 7) is 4.18. The van der Waals surface area contributed by atoms with Crippen LogP contribution in [0, 0.1) is 18.8 Å². The maximum atomic E-state index is 14.9. The van der Waals surface area contributed by atoms with E-state index in [2.05, 4.69) is 6.07 Å². The van der Waals surface area contributed by atoms with E-state index in [0.29, 0.717) is 6.07 Å². The second-order valence-corrected chi connectivity index (χ2v) is 6.44. The molecule has 0 amide bonds. The Labute approximate surface area is 150 Å². The molecule has 0 saturated heterocycles. The third kappa shape index (κ3) is 3.53. The van der Waals surface area contributed by atoms with Crippen LogP contribution in [0.25, 0.3) is 11.1 Å². The van der Waals surface area contributed by atoms with Crippen LogP contribution in [0.3, 0.4) is 0 Å². The minimum atomic E-state index is -6.30. The minimum Gasteiger partial charge on any atom is -0.218 e. The van der Waals surface area contributed by atoms with Gasteiger partial charge in [-0.2, -0.15) is 26.3 Å². The molecule has 0 saturated carbocycles. The van der Waals surface area contributed by atoms with Gasteiger partial charge in [0.2, 0.25) is 0 Å². The van der Waals surface area contributed by atoms with Crippen LogP contribution in [0.4, 0.5) is 35.1 Å². The average Bonchev–Trinajstić information content (AvgIpc) is 2.52. The normalized spacial score (nSPS) is 13.3. The number of hydrogen-bond donors (Lipinski definition) is 0. The van der Waals surface area contributed by atoms with Gasteiger partial charge in [0.25, 0.3) is 0 Å². The van der Waals surface area contributed by atoms with Crippen molar-refractivity contribution < 1.29 is 35.1 Å². The molecule has 0 heterocycles. The van der Waals surface area contributed by atoms with Crippen LogP contribution in [0.15, 0.2) is 30.3 Å². The van der Waals surface area contributed by atoms with E-state index < -0.39 is 46.4 Å². The van der Waals surface area contributed by atoms with Crippen LogP contribution in [-0.2, 0) is 5.67 Å². The van der Waals surface area contributed by atoms with Gasteiger partial charge >= 0.3 is 18.0 Å². The highest BCUT2D eigenvalue weighted by Gasteiger charge is 2.74. The van der Waals surface area contributed by atoms with E-state index in [1.165, 1.54) is 32.9 Å². The Balaban J connectivity index is 3.06. The van der Waals surface area contributed by atoms with Gasteiger partial charge in [-0.1, -0.05) is 38.1 Å². The Hall–Kier alpha value is -2.12. The summed E-state index contributed by atoms with van der Waals surface area (Å²) in [5.41, 5.74) is -8.95. The molecule has 0 aliphatic heterocycles. The number of aryl methyl sites for hydroxylation is 1. The smallest absolute Gasteiger partial charge is 0.218 e. The SMILES string of the molecule is Cc1[c]c(C(C)C)c(-c2ccccc2F)c(C(F)(C(F)(F)F)C(F)(F)F)c1. The zero-order valence-electron chi connectivity index (χ0n) is 14.5. The molecule has 0 aliphatic carbocycles. The van der Waals surface area contributed by atoms with E-state index in [4.69, 9.17) is 0 Å². The molecule has 0 nitrogen and oxygen atoms in total. The molecular weight excluding hydrogens is 380 g/mol. The first kappa shape index (κ1) is 21.2. The highest BCUT2D eigenvalue weighted by molar-refractivity contribution is 5.74. The molecule has 0 spiro atoms. The minimum absolute atomic E-state index is 0.121. The van der Waals surface area contributed by atoms with E-state index in [-0.39, 0.29) is 11.1 Å². The first-order chi connectivity index (χ1) is 12.2.